The standard InChI is InChI=1S/C20H32ClN/c1-16-6-5-11-22(13-16)14-17(2)12-18-7-9-19(10-8-18)20(3,4)15-21/h7-10,16-17H,5-6,11-15H2,1-4H3. The van der Waals surface area contributed by atoms with Gasteiger partial charge in [-0.3, -0.25) is 0 Å². The zero-order valence-electron chi connectivity index (χ0n) is 14.7. The summed E-state index contributed by atoms with van der Waals surface area (Å²) in [7, 11) is 0. The molecule has 0 amide bonds. The molecule has 1 heterocycles. The smallest absolute Gasteiger partial charge is 0.0315 e. The van der Waals surface area contributed by atoms with Crippen LogP contribution < -0.4 is 0 Å². The molecule has 1 saturated heterocycles. The fraction of sp³-hybridized carbons (Fsp3) is 0.700. The Labute approximate surface area is 142 Å². The number of alkyl halides is 1. The maximum absolute atomic E-state index is 6.07. The first-order valence-electron chi connectivity index (χ1n) is 8.78. The van der Waals surface area contributed by atoms with E-state index in [2.05, 4.69) is 56.9 Å². The summed E-state index contributed by atoms with van der Waals surface area (Å²) in [6.45, 7) is 13.0. The van der Waals surface area contributed by atoms with Crippen molar-refractivity contribution in [2.24, 2.45) is 11.8 Å². The van der Waals surface area contributed by atoms with E-state index in [1.54, 1.807) is 0 Å². The molecule has 0 bridgehead atoms. The normalized spacial score (nSPS) is 21.8. The molecule has 0 spiro atoms. The quantitative estimate of drug-likeness (QED) is 0.658. The number of likely N-dealkylation sites (tertiary alicyclic amines) is 1. The lowest BCUT2D eigenvalue weighted by Gasteiger charge is -2.32. The Morgan fingerprint density at radius 2 is 1.95 bits per heavy atom. The van der Waals surface area contributed by atoms with Crippen LogP contribution in [-0.4, -0.2) is 30.4 Å². The molecule has 1 aliphatic heterocycles. The van der Waals surface area contributed by atoms with E-state index in [1.807, 2.05) is 0 Å². The van der Waals surface area contributed by atoms with Crippen LogP contribution in [-0.2, 0) is 11.8 Å². The van der Waals surface area contributed by atoms with Gasteiger partial charge in [0.25, 0.3) is 0 Å². The second-order valence-corrected chi connectivity index (χ2v) is 8.30. The van der Waals surface area contributed by atoms with Crippen molar-refractivity contribution in [2.45, 2.75) is 52.4 Å². The lowest BCUT2D eigenvalue weighted by atomic mass is 9.86. The van der Waals surface area contributed by atoms with E-state index in [-0.39, 0.29) is 5.41 Å². The average molecular weight is 322 g/mol. The predicted octanol–water partition coefficient (Wildman–Crippen LogP) is 5.11. The van der Waals surface area contributed by atoms with Gasteiger partial charge >= 0.3 is 0 Å². The Hall–Kier alpha value is -0.530. The van der Waals surface area contributed by atoms with Crippen molar-refractivity contribution in [3.63, 3.8) is 0 Å². The number of hydrogen-bond acceptors (Lipinski definition) is 1. The van der Waals surface area contributed by atoms with Crippen molar-refractivity contribution in [3.05, 3.63) is 35.4 Å². The number of rotatable bonds is 6. The van der Waals surface area contributed by atoms with Crippen LogP contribution in [0.1, 0.15) is 51.7 Å². The van der Waals surface area contributed by atoms with E-state index >= 15 is 0 Å². The van der Waals surface area contributed by atoms with Gasteiger partial charge in [0.15, 0.2) is 0 Å². The van der Waals surface area contributed by atoms with Gasteiger partial charge in [-0.1, -0.05) is 52.0 Å². The molecule has 0 saturated carbocycles. The Balaban J connectivity index is 1.87. The van der Waals surface area contributed by atoms with E-state index in [0.717, 1.165) is 11.8 Å². The predicted molar refractivity (Wildman–Crippen MR) is 97.9 cm³/mol. The topological polar surface area (TPSA) is 3.24 Å². The Morgan fingerprint density at radius 3 is 2.55 bits per heavy atom. The van der Waals surface area contributed by atoms with Gasteiger partial charge in [-0.05, 0) is 48.8 Å². The summed E-state index contributed by atoms with van der Waals surface area (Å²) in [5.74, 6) is 2.26. The Kier molecular flexibility index (Phi) is 6.35. The summed E-state index contributed by atoms with van der Waals surface area (Å²) in [5, 5.41) is 0. The van der Waals surface area contributed by atoms with Gasteiger partial charge in [0, 0.05) is 24.4 Å². The van der Waals surface area contributed by atoms with E-state index in [0.29, 0.717) is 5.88 Å². The van der Waals surface area contributed by atoms with Crippen molar-refractivity contribution < 1.29 is 0 Å². The SMILES string of the molecule is CC1CCCN(CC(C)Cc2ccc(C(C)(C)CCl)cc2)C1. The lowest BCUT2D eigenvalue weighted by Crippen LogP contribution is -2.37. The Morgan fingerprint density at radius 1 is 1.27 bits per heavy atom. The molecule has 1 aromatic rings. The molecule has 1 fully saturated rings. The first-order valence-corrected chi connectivity index (χ1v) is 9.32. The summed E-state index contributed by atoms with van der Waals surface area (Å²) in [6.07, 6.45) is 3.95. The van der Waals surface area contributed by atoms with Crippen molar-refractivity contribution in [1.82, 2.24) is 4.90 Å². The van der Waals surface area contributed by atoms with Gasteiger partial charge in [0.2, 0.25) is 0 Å². The van der Waals surface area contributed by atoms with E-state index < -0.39 is 0 Å². The van der Waals surface area contributed by atoms with Crippen LogP contribution >= 0.6 is 11.6 Å². The largest absolute Gasteiger partial charge is 0.303 e. The summed E-state index contributed by atoms with van der Waals surface area (Å²) >= 11 is 6.07. The van der Waals surface area contributed by atoms with Crippen LogP contribution in [0.4, 0.5) is 0 Å². The lowest BCUT2D eigenvalue weighted by molar-refractivity contribution is 0.162. The molecule has 1 aromatic carbocycles. The first kappa shape index (κ1) is 17.8. The van der Waals surface area contributed by atoms with Gasteiger partial charge in [-0.2, -0.15) is 0 Å². The van der Waals surface area contributed by atoms with Crippen LogP contribution in [0.2, 0.25) is 0 Å². The van der Waals surface area contributed by atoms with E-state index in [9.17, 15) is 0 Å². The molecule has 0 aromatic heterocycles. The summed E-state index contributed by atoms with van der Waals surface area (Å²) in [5.41, 5.74) is 2.85. The van der Waals surface area contributed by atoms with Crippen molar-refractivity contribution in [2.75, 3.05) is 25.5 Å². The third-order valence-electron chi connectivity index (χ3n) is 4.96. The maximum Gasteiger partial charge on any atom is 0.0315 e. The van der Waals surface area contributed by atoms with Gasteiger partial charge in [0.05, 0.1) is 0 Å². The zero-order valence-corrected chi connectivity index (χ0v) is 15.5. The molecule has 124 valence electrons. The third-order valence-corrected chi connectivity index (χ3v) is 5.63. The molecule has 2 rings (SSSR count). The van der Waals surface area contributed by atoms with Crippen molar-refractivity contribution in [1.29, 1.82) is 0 Å². The molecular weight excluding hydrogens is 290 g/mol. The molecule has 2 heteroatoms. The highest BCUT2D eigenvalue weighted by Crippen LogP contribution is 2.25. The molecule has 0 radical (unpaired) electrons. The molecule has 2 unspecified atom stereocenters. The molecule has 1 nitrogen and oxygen atoms in total. The third kappa shape index (κ3) is 4.99. The highest BCUT2D eigenvalue weighted by atomic mass is 35.5. The second kappa shape index (κ2) is 7.84. The maximum atomic E-state index is 6.07. The molecule has 0 N–H and O–H groups in total. The average Bonchev–Trinajstić information content (AvgIpc) is 2.47. The summed E-state index contributed by atoms with van der Waals surface area (Å²) < 4.78 is 0. The Bertz CT molecular complexity index is 451. The minimum atomic E-state index is 0.0651. The number of hydrogen-bond donors (Lipinski definition) is 0. The monoisotopic (exact) mass is 321 g/mol. The fourth-order valence-corrected chi connectivity index (χ4v) is 3.68. The van der Waals surface area contributed by atoms with E-state index in [4.69, 9.17) is 11.6 Å². The molecule has 2 atom stereocenters. The molecule has 1 aliphatic rings. The molecule has 22 heavy (non-hydrogen) atoms. The highest BCUT2D eigenvalue weighted by Gasteiger charge is 2.20. The van der Waals surface area contributed by atoms with Crippen molar-refractivity contribution in [3.8, 4) is 0 Å². The minimum absolute atomic E-state index is 0.0651. The second-order valence-electron chi connectivity index (χ2n) is 8.03. The van der Waals surface area contributed by atoms with Crippen LogP contribution in [0.25, 0.3) is 0 Å². The van der Waals surface area contributed by atoms with Crippen LogP contribution in [0.5, 0.6) is 0 Å². The fourth-order valence-electron chi connectivity index (χ4n) is 3.53. The van der Waals surface area contributed by atoms with Crippen LogP contribution in [0.3, 0.4) is 0 Å². The number of benzene rings is 1. The van der Waals surface area contributed by atoms with Crippen LogP contribution in [0.15, 0.2) is 24.3 Å². The molecular formula is C20H32ClN. The van der Waals surface area contributed by atoms with E-state index in [1.165, 1.54) is 50.0 Å². The highest BCUT2D eigenvalue weighted by molar-refractivity contribution is 6.18. The minimum Gasteiger partial charge on any atom is -0.303 e. The van der Waals surface area contributed by atoms with Crippen LogP contribution in [0, 0.1) is 11.8 Å². The van der Waals surface area contributed by atoms with Gasteiger partial charge in [-0.25, -0.2) is 0 Å². The van der Waals surface area contributed by atoms with Gasteiger partial charge in [-0.15, -0.1) is 11.6 Å². The van der Waals surface area contributed by atoms with Gasteiger partial charge in [0.1, 0.15) is 0 Å². The van der Waals surface area contributed by atoms with Gasteiger partial charge < -0.3 is 4.90 Å². The zero-order chi connectivity index (χ0) is 16.2. The number of halogens is 1. The summed E-state index contributed by atoms with van der Waals surface area (Å²) in [6, 6.07) is 9.10. The number of nitrogens with zero attached hydrogens (tertiary/aromatic N) is 1. The van der Waals surface area contributed by atoms with Crippen molar-refractivity contribution >= 4 is 11.6 Å². The summed E-state index contributed by atoms with van der Waals surface area (Å²) in [4.78, 5) is 2.66. The molecule has 0 aliphatic carbocycles. The number of piperidine rings is 1. The first-order chi connectivity index (χ1) is 10.4.